The monoisotopic (exact) mass is 327 g/mol. The van der Waals surface area contributed by atoms with Gasteiger partial charge in [0.15, 0.2) is 4.34 Å². The summed E-state index contributed by atoms with van der Waals surface area (Å²) in [5, 5.41) is 20.5. The van der Waals surface area contributed by atoms with Gasteiger partial charge in [0, 0.05) is 0 Å². The molecule has 0 radical (unpaired) electrons. The first-order valence-corrected chi connectivity index (χ1v) is 8.90. The number of carbonyl (C=O) groups excluding carboxylic acids is 1. The molecular formula is C13H17N3O3S2. The topological polar surface area (TPSA) is 92.2 Å². The third-order valence-corrected chi connectivity index (χ3v) is 6.26. The molecule has 0 unspecified atom stereocenters. The second-order valence-corrected chi connectivity index (χ2v) is 8.01. The molecule has 0 aliphatic heterocycles. The van der Waals surface area contributed by atoms with E-state index in [9.17, 15) is 14.7 Å². The van der Waals surface area contributed by atoms with Gasteiger partial charge in [-0.25, -0.2) is 0 Å². The number of thioether (sulfide) groups is 1. The van der Waals surface area contributed by atoms with E-state index < -0.39 is 17.8 Å². The van der Waals surface area contributed by atoms with Gasteiger partial charge in [-0.3, -0.25) is 9.59 Å². The number of hydrogen-bond acceptors (Lipinski definition) is 6. The molecule has 2 N–H and O–H groups in total. The number of hydrogen-bond donors (Lipinski definition) is 2. The van der Waals surface area contributed by atoms with Crippen LogP contribution in [-0.2, 0) is 9.59 Å². The van der Waals surface area contributed by atoms with Crippen LogP contribution in [0.5, 0.6) is 0 Å². The lowest BCUT2D eigenvalue weighted by Crippen LogP contribution is -2.37. The van der Waals surface area contributed by atoms with Crippen molar-refractivity contribution < 1.29 is 14.7 Å². The highest BCUT2D eigenvalue weighted by molar-refractivity contribution is 8.01. The Morgan fingerprint density at radius 1 is 1.33 bits per heavy atom. The van der Waals surface area contributed by atoms with E-state index in [1.54, 1.807) is 11.8 Å². The Labute approximate surface area is 130 Å². The van der Waals surface area contributed by atoms with Gasteiger partial charge in [0.05, 0.1) is 11.8 Å². The van der Waals surface area contributed by atoms with Gasteiger partial charge in [-0.15, -0.1) is 10.2 Å². The van der Waals surface area contributed by atoms with E-state index in [4.69, 9.17) is 0 Å². The maximum Gasteiger partial charge on any atom is 0.307 e. The van der Waals surface area contributed by atoms with Gasteiger partial charge in [-0.1, -0.05) is 30.0 Å². The first-order valence-electron chi connectivity index (χ1n) is 7.10. The van der Waals surface area contributed by atoms with Crippen LogP contribution in [0.25, 0.3) is 0 Å². The summed E-state index contributed by atoms with van der Waals surface area (Å²) in [7, 11) is 0. The van der Waals surface area contributed by atoms with E-state index >= 15 is 0 Å². The highest BCUT2D eigenvalue weighted by Gasteiger charge is 2.54. The molecule has 8 heteroatoms. The number of carboxylic acids is 1. The smallest absolute Gasteiger partial charge is 0.307 e. The Balaban J connectivity index is 1.70. The minimum atomic E-state index is -0.846. The Morgan fingerprint density at radius 2 is 2.05 bits per heavy atom. The quantitative estimate of drug-likeness (QED) is 0.637. The Bertz CT molecular complexity index is 563. The van der Waals surface area contributed by atoms with E-state index in [1.807, 2.05) is 6.92 Å². The molecule has 1 heterocycles. The molecule has 0 saturated heterocycles. The van der Waals surface area contributed by atoms with E-state index in [0.29, 0.717) is 5.13 Å². The fourth-order valence-electron chi connectivity index (χ4n) is 3.65. The lowest BCUT2D eigenvalue weighted by atomic mass is 9.79. The van der Waals surface area contributed by atoms with Crippen LogP contribution in [0.15, 0.2) is 4.34 Å². The highest BCUT2D eigenvalue weighted by Crippen LogP contribution is 2.52. The van der Waals surface area contributed by atoms with Gasteiger partial charge in [0.25, 0.3) is 0 Å². The molecule has 4 atom stereocenters. The molecule has 6 nitrogen and oxygen atoms in total. The molecule has 1 amide bonds. The van der Waals surface area contributed by atoms with Crippen LogP contribution >= 0.6 is 23.1 Å². The number of aromatic nitrogens is 2. The van der Waals surface area contributed by atoms with Crippen LogP contribution in [0.3, 0.4) is 0 Å². The van der Waals surface area contributed by atoms with Gasteiger partial charge in [0.2, 0.25) is 11.0 Å². The lowest BCUT2D eigenvalue weighted by molar-refractivity contribution is -0.148. The number of anilines is 1. The van der Waals surface area contributed by atoms with Crippen LogP contribution in [-0.4, -0.2) is 32.9 Å². The van der Waals surface area contributed by atoms with Gasteiger partial charge < -0.3 is 10.4 Å². The summed E-state index contributed by atoms with van der Waals surface area (Å²) in [5.41, 5.74) is 0. The molecular weight excluding hydrogens is 310 g/mol. The standard InChI is InChI=1S/C13H17N3O3S2/c1-2-20-13-16-15-12(21-13)14-10(17)8-6-3-4-7(5-6)9(8)11(18)19/h6-9H,2-5H2,1H3,(H,18,19)(H,14,15,17)/t6-,7+,8-,9+/m1/s1. The number of carbonyl (C=O) groups is 2. The lowest BCUT2D eigenvalue weighted by Gasteiger charge is -2.26. The normalized spacial score (nSPS) is 30.5. The van der Waals surface area contributed by atoms with Crippen LogP contribution < -0.4 is 5.32 Å². The summed E-state index contributed by atoms with van der Waals surface area (Å²) in [4.78, 5) is 23.9. The molecule has 2 bridgehead atoms. The molecule has 1 aromatic heterocycles. The molecule has 2 aliphatic rings. The average molecular weight is 327 g/mol. The van der Waals surface area contributed by atoms with Crippen molar-refractivity contribution in [1.82, 2.24) is 10.2 Å². The first kappa shape index (κ1) is 14.8. The van der Waals surface area contributed by atoms with Crippen LogP contribution in [0.1, 0.15) is 26.2 Å². The summed E-state index contributed by atoms with van der Waals surface area (Å²) in [6.45, 7) is 2.02. The van der Waals surface area contributed by atoms with E-state index in [1.165, 1.54) is 11.3 Å². The van der Waals surface area contributed by atoms with Gasteiger partial charge in [-0.2, -0.15) is 0 Å². The Morgan fingerprint density at radius 3 is 2.71 bits per heavy atom. The highest BCUT2D eigenvalue weighted by atomic mass is 32.2. The third-order valence-electron chi connectivity index (χ3n) is 4.41. The van der Waals surface area contributed by atoms with Crippen LogP contribution in [0.4, 0.5) is 5.13 Å². The molecule has 114 valence electrons. The first-order chi connectivity index (χ1) is 10.1. The van der Waals surface area contributed by atoms with Crippen molar-refractivity contribution in [2.24, 2.45) is 23.7 Å². The van der Waals surface area contributed by atoms with Crippen molar-refractivity contribution in [2.45, 2.75) is 30.5 Å². The number of rotatable bonds is 5. The minimum absolute atomic E-state index is 0.156. The number of aliphatic carboxylic acids is 1. The number of nitrogens with zero attached hydrogens (tertiary/aromatic N) is 2. The molecule has 2 aliphatic carbocycles. The molecule has 21 heavy (non-hydrogen) atoms. The second-order valence-electron chi connectivity index (χ2n) is 5.52. The van der Waals surface area contributed by atoms with E-state index in [2.05, 4.69) is 15.5 Å². The van der Waals surface area contributed by atoms with Crippen molar-refractivity contribution in [3.8, 4) is 0 Å². The number of fused-ring (bicyclic) bond motifs is 2. The number of nitrogens with one attached hydrogen (secondary N) is 1. The van der Waals surface area contributed by atoms with Crippen molar-refractivity contribution in [2.75, 3.05) is 11.1 Å². The largest absolute Gasteiger partial charge is 0.481 e. The maximum absolute atomic E-state index is 12.4. The van der Waals surface area contributed by atoms with E-state index in [-0.39, 0.29) is 17.7 Å². The summed E-state index contributed by atoms with van der Waals surface area (Å²) in [6, 6.07) is 0. The fraction of sp³-hybridized carbons (Fsp3) is 0.692. The fourth-order valence-corrected chi connectivity index (χ4v) is 5.31. The Hall–Kier alpha value is -1.15. The summed E-state index contributed by atoms with van der Waals surface area (Å²) in [5.74, 6) is -0.762. The average Bonchev–Trinajstić information content (AvgIpc) is 3.13. The predicted octanol–water partition coefficient (Wildman–Crippen LogP) is 2.34. The second kappa shape index (κ2) is 5.92. The molecule has 2 fully saturated rings. The molecule has 0 aromatic carbocycles. The van der Waals surface area contributed by atoms with Crippen molar-refractivity contribution in [1.29, 1.82) is 0 Å². The van der Waals surface area contributed by atoms with Gasteiger partial charge in [-0.05, 0) is 36.9 Å². The van der Waals surface area contributed by atoms with Gasteiger partial charge >= 0.3 is 5.97 Å². The zero-order chi connectivity index (χ0) is 15.0. The molecule has 3 rings (SSSR count). The molecule has 0 spiro atoms. The van der Waals surface area contributed by atoms with Crippen molar-refractivity contribution in [3.63, 3.8) is 0 Å². The number of amides is 1. The predicted molar refractivity (Wildman–Crippen MR) is 80.4 cm³/mol. The summed E-state index contributed by atoms with van der Waals surface area (Å²) in [6.07, 6.45) is 2.75. The van der Waals surface area contributed by atoms with Gasteiger partial charge in [0.1, 0.15) is 0 Å². The third kappa shape index (κ3) is 2.78. The SMILES string of the molecule is CCSc1nnc(NC(=O)[C@@H]2[C@@H]3CC[C@@H](C3)[C@@H]2C(=O)O)s1. The molecule has 1 aromatic rings. The van der Waals surface area contributed by atoms with Crippen molar-refractivity contribution >= 4 is 40.1 Å². The van der Waals surface area contributed by atoms with Crippen LogP contribution in [0, 0.1) is 23.7 Å². The number of carboxylic acid groups (broad SMARTS) is 1. The van der Waals surface area contributed by atoms with Crippen LogP contribution in [0.2, 0.25) is 0 Å². The minimum Gasteiger partial charge on any atom is -0.481 e. The summed E-state index contributed by atoms with van der Waals surface area (Å²) >= 11 is 2.91. The zero-order valence-electron chi connectivity index (χ0n) is 11.6. The Kier molecular flexibility index (Phi) is 4.17. The maximum atomic E-state index is 12.4. The molecule has 2 saturated carbocycles. The van der Waals surface area contributed by atoms with E-state index in [0.717, 1.165) is 29.4 Å². The summed E-state index contributed by atoms with van der Waals surface area (Å²) < 4.78 is 0.815. The van der Waals surface area contributed by atoms with Crippen molar-refractivity contribution in [3.05, 3.63) is 0 Å². The zero-order valence-corrected chi connectivity index (χ0v) is 13.2.